The van der Waals surface area contributed by atoms with Gasteiger partial charge in [0.25, 0.3) is 0 Å². The zero-order valence-corrected chi connectivity index (χ0v) is 15.3. The molecule has 0 saturated carbocycles. The molecule has 0 aromatic heterocycles. The molecular formula is C22H38O. The summed E-state index contributed by atoms with van der Waals surface area (Å²) in [6.07, 6.45) is 29.0. The predicted octanol–water partition coefficient (Wildman–Crippen LogP) is 7.14. The molecule has 1 heterocycles. The topological polar surface area (TPSA) is 12.5 Å². The lowest BCUT2D eigenvalue weighted by molar-refractivity contribution is 0.348. The average Bonchev–Trinajstić information content (AvgIpc) is 3.30. The van der Waals surface area contributed by atoms with Crippen molar-refractivity contribution in [2.45, 2.75) is 103 Å². The van der Waals surface area contributed by atoms with Gasteiger partial charge in [0.1, 0.15) is 0 Å². The Hall–Kier alpha value is -0.820. The molecule has 2 atom stereocenters. The molecule has 1 saturated heterocycles. The monoisotopic (exact) mass is 318 g/mol. The molecule has 2 unspecified atom stereocenters. The maximum Gasteiger partial charge on any atom is 0.0841 e. The second kappa shape index (κ2) is 14.8. The molecule has 0 aliphatic carbocycles. The summed E-state index contributed by atoms with van der Waals surface area (Å²) in [5, 5.41) is 0. The minimum absolute atomic E-state index is 0.619. The van der Waals surface area contributed by atoms with Crippen LogP contribution in [0.3, 0.4) is 0 Å². The van der Waals surface area contributed by atoms with Gasteiger partial charge in [-0.1, -0.05) is 102 Å². The highest BCUT2D eigenvalue weighted by molar-refractivity contribution is 5.08. The van der Waals surface area contributed by atoms with Gasteiger partial charge in [-0.3, -0.25) is 0 Å². The lowest BCUT2D eigenvalue weighted by Gasteiger charge is -2.01. The van der Waals surface area contributed by atoms with Gasteiger partial charge in [-0.25, -0.2) is 0 Å². The van der Waals surface area contributed by atoms with Crippen LogP contribution < -0.4 is 0 Å². The first-order valence-electron chi connectivity index (χ1n) is 9.98. The van der Waals surface area contributed by atoms with E-state index in [1.54, 1.807) is 0 Å². The Labute approximate surface area is 144 Å². The van der Waals surface area contributed by atoms with E-state index in [-0.39, 0.29) is 0 Å². The quantitative estimate of drug-likeness (QED) is 0.167. The average molecular weight is 319 g/mol. The molecule has 0 radical (unpaired) electrons. The molecule has 1 aliphatic heterocycles. The van der Waals surface area contributed by atoms with Gasteiger partial charge in [0.15, 0.2) is 0 Å². The molecule has 0 aromatic carbocycles. The van der Waals surface area contributed by atoms with Crippen LogP contribution in [0.25, 0.3) is 0 Å². The number of epoxide rings is 1. The highest BCUT2D eigenvalue weighted by Gasteiger charge is 2.36. The van der Waals surface area contributed by atoms with E-state index in [9.17, 15) is 0 Å². The van der Waals surface area contributed by atoms with Crippen molar-refractivity contribution < 1.29 is 4.74 Å². The van der Waals surface area contributed by atoms with Gasteiger partial charge in [0, 0.05) is 0 Å². The fraction of sp³-hybridized carbons (Fsp3) is 0.727. The molecule has 0 amide bonds. The molecule has 0 bridgehead atoms. The van der Waals surface area contributed by atoms with Crippen molar-refractivity contribution in [2.24, 2.45) is 0 Å². The molecule has 1 fully saturated rings. The molecular weight excluding hydrogens is 280 g/mol. The summed E-state index contributed by atoms with van der Waals surface area (Å²) >= 11 is 0. The summed E-state index contributed by atoms with van der Waals surface area (Å²) in [5.41, 5.74) is 0. The SMILES string of the molecule is C=C/C=C/C=C/CCCCCCCCCC1OC1CCCCC. The van der Waals surface area contributed by atoms with Crippen LogP contribution in [0.15, 0.2) is 37.0 Å². The van der Waals surface area contributed by atoms with Crippen molar-refractivity contribution in [3.63, 3.8) is 0 Å². The molecule has 0 aromatic rings. The Balaban J connectivity index is 1.75. The second-order valence-electron chi connectivity index (χ2n) is 6.81. The molecule has 1 heteroatoms. The van der Waals surface area contributed by atoms with Crippen LogP contribution in [0.4, 0.5) is 0 Å². The van der Waals surface area contributed by atoms with Crippen molar-refractivity contribution in [3.8, 4) is 0 Å². The predicted molar refractivity (Wildman–Crippen MR) is 103 cm³/mol. The van der Waals surface area contributed by atoms with E-state index in [2.05, 4.69) is 25.7 Å². The third kappa shape index (κ3) is 12.3. The third-order valence-corrected chi connectivity index (χ3v) is 4.63. The maximum atomic E-state index is 5.75. The van der Waals surface area contributed by atoms with Gasteiger partial charge in [0.2, 0.25) is 0 Å². The van der Waals surface area contributed by atoms with Crippen molar-refractivity contribution in [1.82, 2.24) is 0 Å². The van der Waals surface area contributed by atoms with Crippen LogP contribution in [0.5, 0.6) is 0 Å². The van der Waals surface area contributed by atoms with Crippen molar-refractivity contribution in [3.05, 3.63) is 37.0 Å². The second-order valence-corrected chi connectivity index (χ2v) is 6.81. The zero-order valence-electron chi connectivity index (χ0n) is 15.3. The van der Waals surface area contributed by atoms with Crippen LogP contribution in [0, 0.1) is 0 Å². The van der Waals surface area contributed by atoms with Gasteiger partial charge in [0.05, 0.1) is 12.2 Å². The summed E-state index contributed by atoms with van der Waals surface area (Å²) in [6.45, 7) is 5.92. The first kappa shape index (κ1) is 20.2. The smallest absolute Gasteiger partial charge is 0.0841 e. The molecule has 1 rings (SSSR count). The van der Waals surface area contributed by atoms with Crippen molar-refractivity contribution in [2.75, 3.05) is 0 Å². The molecule has 0 N–H and O–H groups in total. The van der Waals surface area contributed by atoms with Crippen LogP contribution in [-0.2, 0) is 4.74 Å². The Kier molecular flexibility index (Phi) is 13.0. The molecule has 23 heavy (non-hydrogen) atoms. The number of allylic oxidation sites excluding steroid dienone is 5. The zero-order chi connectivity index (χ0) is 16.6. The van der Waals surface area contributed by atoms with E-state index in [0.717, 1.165) is 0 Å². The summed E-state index contributed by atoms with van der Waals surface area (Å²) < 4.78 is 5.75. The Morgan fingerprint density at radius 1 is 0.739 bits per heavy atom. The number of unbranched alkanes of at least 4 members (excludes halogenated alkanes) is 9. The highest BCUT2D eigenvalue weighted by atomic mass is 16.6. The van der Waals surface area contributed by atoms with Gasteiger partial charge < -0.3 is 4.74 Å². The normalized spacial score (nSPS) is 20.6. The lowest BCUT2D eigenvalue weighted by atomic mass is 10.0. The van der Waals surface area contributed by atoms with E-state index < -0.39 is 0 Å². The van der Waals surface area contributed by atoms with Gasteiger partial charge in [-0.15, -0.1) is 0 Å². The summed E-state index contributed by atoms with van der Waals surface area (Å²) in [4.78, 5) is 0. The van der Waals surface area contributed by atoms with E-state index in [4.69, 9.17) is 4.74 Å². The van der Waals surface area contributed by atoms with E-state index in [1.165, 1.54) is 83.5 Å². The fourth-order valence-corrected chi connectivity index (χ4v) is 3.09. The van der Waals surface area contributed by atoms with Gasteiger partial charge in [-0.2, -0.15) is 0 Å². The minimum atomic E-state index is 0.619. The van der Waals surface area contributed by atoms with Crippen LogP contribution in [0.1, 0.15) is 90.4 Å². The molecule has 1 nitrogen and oxygen atoms in total. The molecule has 1 aliphatic rings. The van der Waals surface area contributed by atoms with E-state index >= 15 is 0 Å². The Bertz CT molecular complexity index is 329. The minimum Gasteiger partial charge on any atom is -0.370 e. The highest BCUT2D eigenvalue weighted by Crippen LogP contribution is 2.31. The first-order chi connectivity index (χ1) is 11.4. The molecule has 132 valence electrons. The fourth-order valence-electron chi connectivity index (χ4n) is 3.09. The summed E-state index contributed by atoms with van der Waals surface area (Å²) in [5.74, 6) is 0. The number of hydrogen-bond acceptors (Lipinski definition) is 1. The lowest BCUT2D eigenvalue weighted by Crippen LogP contribution is -1.94. The number of hydrogen-bond donors (Lipinski definition) is 0. The summed E-state index contributed by atoms with van der Waals surface area (Å²) in [6, 6.07) is 0. The van der Waals surface area contributed by atoms with Crippen LogP contribution >= 0.6 is 0 Å². The van der Waals surface area contributed by atoms with Gasteiger partial charge >= 0.3 is 0 Å². The van der Waals surface area contributed by atoms with Crippen LogP contribution in [0.2, 0.25) is 0 Å². The third-order valence-electron chi connectivity index (χ3n) is 4.63. The molecule has 0 spiro atoms. The number of ether oxygens (including phenoxy) is 1. The largest absolute Gasteiger partial charge is 0.370 e. The van der Waals surface area contributed by atoms with Crippen molar-refractivity contribution in [1.29, 1.82) is 0 Å². The van der Waals surface area contributed by atoms with Crippen LogP contribution in [-0.4, -0.2) is 12.2 Å². The first-order valence-corrected chi connectivity index (χ1v) is 9.98. The number of rotatable bonds is 16. The Morgan fingerprint density at radius 2 is 1.35 bits per heavy atom. The van der Waals surface area contributed by atoms with E-state index in [0.29, 0.717) is 12.2 Å². The standard InChI is InChI=1S/C22H38O/c1-3-5-7-8-9-10-11-12-13-14-15-16-18-20-22-21(23-22)19-17-6-4-2/h3,5,7-9,21-22H,1,4,6,10-20H2,2H3/b7-5+,9-8+. The maximum absolute atomic E-state index is 5.75. The Morgan fingerprint density at radius 3 is 2.00 bits per heavy atom. The van der Waals surface area contributed by atoms with Gasteiger partial charge in [-0.05, 0) is 25.7 Å². The summed E-state index contributed by atoms with van der Waals surface area (Å²) in [7, 11) is 0. The van der Waals surface area contributed by atoms with Crippen molar-refractivity contribution >= 4 is 0 Å². The van der Waals surface area contributed by atoms with E-state index in [1.807, 2.05) is 18.2 Å².